The number of nitro groups is 1. The average Bonchev–Trinajstić information content (AvgIpc) is 2.46. The van der Waals surface area contributed by atoms with E-state index < -0.39 is 10.7 Å². The fourth-order valence-electron chi connectivity index (χ4n) is 1.76. The highest BCUT2D eigenvalue weighted by atomic mass is 35.5. The third kappa shape index (κ3) is 3.15. The zero-order valence-electron chi connectivity index (χ0n) is 10.8. The summed E-state index contributed by atoms with van der Waals surface area (Å²) in [5.41, 5.74) is 0.293. The molecule has 2 aromatic carbocycles. The lowest BCUT2D eigenvalue weighted by Gasteiger charge is -2.08. The topological polar surface area (TPSA) is 69.4 Å². The van der Waals surface area contributed by atoms with Crippen LogP contribution < -0.4 is 4.74 Å². The average molecular weight is 326 g/mol. The van der Waals surface area contributed by atoms with E-state index >= 15 is 0 Å². The van der Waals surface area contributed by atoms with E-state index in [1.165, 1.54) is 43.5 Å². The Morgan fingerprint density at radius 3 is 2.10 bits per heavy atom. The van der Waals surface area contributed by atoms with Gasteiger partial charge in [-0.15, -0.1) is 0 Å². The van der Waals surface area contributed by atoms with Crippen LogP contribution in [0, 0.1) is 10.1 Å². The summed E-state index contributed by atoms with van der Waals surface area (Å²) in [5.74, 6) is 0.0211. The lowest BCUT2D eigenvalue weighted by Crippen LogP contribution is -2.04. The van der Waals surface area contributed by atoms with Crippen molar-refractivity contribution in [2.45, 2.75) is 0 Å². The van der Waals surface area contributed by atoms with Gasteiger partial charge in [-0.25, -0.2) is 0 Å². The Hall–Kier alpha value is -2.11. The smallest absolute Gasteiger partial charge is 0.269 e. The van der Waals surface area contributed by atoms with Crippen molar-refractivity contribution in [2.75, 3.05) is 7.11 Å². The highest BCUT2D eigenvalue weighted by Gasteiger charge is 2.19. The third-order valence-electron chi connectivity index (χ3n) is 2.82. The predicted molar refractivity (Wildman–Crippen MR) is 79.5 cm³/mol. The number of non-ortho nitro benzene ring substituents is 1. The molecule has 5 nitrogen and oxygen atoms in total. The number of halogens is 2. The largest absolute Gasteiger partial charge is 0.497 e. The first-order valence-electron chi connectivity index (χ1n) is 5.76. The summed E-state index contributed by atoms with van der Waals surface area (Å²) >= 11 is 12.1. The molecule has 0 aliphatic heterocycles. The number of carbonyl (C=O) groups is 1. The summed E-state index contributed by atoms with van der Waals surface area (Å²) in [7, 11) is 1.46. The molecule has 2 aromatic rings. The van der Waals surface area contributed by atoms with Crippen LogP contribution in [0.2, 0.25) is 10.0 Å². The number of hydrogen-bond donors (Lipinski definition) is 0. The quantitative estimate of drug-likeness (QED) is 0.481. The lowest BCUT2D eigenvalue weighted by atomic mass is 10.0. The maximum Gasteiger partial charge on any atom is 0.269 e. The van der Waals surface area contributed by atoms with E-state index in [0.29, 0.717) is 5.75 Å². The van der Waals surface area contributed by atoms with E-state index in [2.05, 4.69) is 0 Å². The number of nitrogens with zero attached hydrogens (tertiary/aromatic N) is 1. The normalized spacial score (nSPS) is 10.2. The number of rotatable bonds is 4. The molecule has 2 rings (SSSR count). The maximum atomic E-state index is 12.4. The molecule has 0 N–H and O–H groups in total. The molecule has 0 unspecified atom stereocenters. The Balaban J connectivity index is 2.42. The lowest BCUT2D eigenvalue weighted by molar-refractivity contribution is -0.384. The molecule has 0 heterocycles. The Morgan fingerprint density at radius 1 is 1.14 bits per heavy atom. The first-order valence-corrected chi connectivity index (χ1v) is 6.52. The molecule has 0 atom stereocenters. The van der Waals surface area contributed by atoms with E-state index in [1.807, 2.05) is 0 Å². The Kier molecular flexibility index (Phi) is 4.45. The van der Waals surface area contributed by atoms with Crippen molar-refractivity contribution in [3.05, 3.63) is 67.7 Å². The third-order valence-corrected chi connectivity index (χ3v) is 3.41. The summed E-state index contributed by atoms with van der Waals surface area (Å²) < 4.78 is 5.00. The van der Waals surface area contributed by atoms with E-state index in [0.717, 1.165) is 0 Å². The number of ether oxygens (including phenoxy) is 1. The summed E-state index contributed by atoms with van der Waals surface area (Å²) in [6.45, 7) is 0. The van der Waals surface area contributed by atoms with Gasteiger partial charge in [-0.05, 0) is 24.3 Å². The van der Waals surface area contributed by atoms with E-state index in [-0.39, 0.29) is 26.9 Å². The van der Waals surface area contributed by atoms with Crippen molar-refractivity contribution in [1.82, 2.24) is 0 Å². The first kappa shape index (κ1) is 15.3. The van der Waals surface area contributed by atoms with Crippen LogP contribution in [0.25, 0.3) is 0 Å². The number of hydrogen-bond acceptors (Lipinski definition) is 4. The van der Waals surface area contributed by atoms with Crippen molar-refractivity contribution in [2.24, 2.45) is 0 Å². The monoisotopic (exact) mass is 325 g/mol. The second kappa shape index (κ2) is 6.11. The molecule has 108 valence electrons. The molecule has 0 aliphatic rings. The fraction of sp³-hybridized carbons (Fsp3) is 0.0714. The molecular formula is C14H9Cl2NO4. The van der Waals surface area contributed by atoms with Gasteiger partial charge in [-0.2, -0.15) is 0 Å². The molecule has 0 radical (unpaired) electrons. The van der Waals surface area contributed by atoms with E-state index in [1.54, 1.807) is 0 Å². The first-order chi connectivity index (χ1) is 9.93. The predicted octanol–water partition coefficient (Wildman–Crippen LogP) is 4.14. The zero-order valence-corrected chi connectivity index (χ0v) is 12.3. The highest BCUT2D eigenvalue weighted by molar-refractivity contribution is 6.41. The molecule has 0 spiro atoms. The van der Waals surface area contributed by atoms with Gasteiger partial charge in [0.05, 0.1) is 27.6 Å². The minimum Gasteiger partial charge on any atom is -0.497 e. The second-order valence-electron chi connectivity index (χ2n) is 4.10. The van der Waals surface area contributed by atoms with Crippen LogP contribution in [0.5, 0.6) is 5.75 Å². The Morgan fingerprint density at radius 2 is 1.67 bits per heavy atom. The van der Waals surface area contributed by atoms with Gasteiger partial charge in [0.1, 0.15) is 5.75 Å². The van der Waals surface area contributed by atoms with Gasteiger partial charge in [0.15, 0.2) is 5.78 Å². The molecule has 0 bridgehead atoms. The minimum atomic E-state index is -0.540. The Labute approximate surface area is 130 Å². The number of benzene rings is 2. The molecule has 0 saturated heterocycles. The maximum absolute atomic E-state index is 12.4. The van der Waals surface area contributed by atoms with E-state index in [4.69, 9.17) is 27.9 Å². The molecule has 0 aliphatic carbocycles. The fourth-order valence-corrected chi connectivity index (χ4v) is 2.40. The summed E-state index contributed by atoms with van der Waals surface area (Å²) in [4.78, 5) is 22.4. The molecule has 0 fully saturated rings. The number of methoxy groups -OCH3 is 1. The minimum absolute atomic E-state index is 0.0986. The number of ketones is 1. The second-order valence-corrected chi connectivity index (χ2v) is 4.91. The van der Waals surface area contributed by atoms with Crippen LogP contribution in [0.1, 0.15) is 15.9 Å². The summed E-state index contributed by atoms with van der Waals surface area (Å²) in [6.07, 6.45) is 0. The van der Waals surface area contributed by atoms with Crippen LogP contribution in [0.4, 0.5) is 5.69 Å². The van der Waals surface area contributed by atoms with Gasteiger partial charge in [-0.1, -0.05) is 23.2 Å². The zero-order chi connectivity index (χ0) is 15.6. The van der Waals surface area contributed by atoms with Gasteiger partial charge in [0.2, 0.25) is 0 Å². The Bertz CT molecular complexity index is 690. The van der Waals surface area contributed by atoms with Gasteiger partial charge < -0.3 is 4.74 Å². The summed E-state index contributed by atoms with van der Waals surface area (Å²) in [5, 5.41) is 10.9. The van der Waals surface area contributed by atoms with Crippen LogP contribution in [-0.4, -0.2) is 17.8 Å². The van der Waals surface area contributed by atoms with Gasteiger partial charge >= 0.3 is 0 Å². The standard InChI is InChI=1S/C14H9Cl2NO4/c1-21-10-6-11(15)13(12(16)7-10)14(18)8-2-4-9(5-3-8)17(19)20/h2-7H,1H3. The molecule has 0 amide bonds. The van der Waals surface area contributed by atoms with Crippen LogP contribution in [0.3, 0.4) is 0 Å². The van der Waals surface area contributed by atoms with Crippen LogP contribution in [0.15, 0.2) is 36.4 Å². The molecule has 21 heavy (non-hydrogen) atoms. The van der Waals surface area contributed by atoms with Crippen molar-refractivity contribution >= 4 is 34.7 Å². The van der Waals surface area contributed by atoms with Gasteiger partial charge in [0, 0.05) is 17.7 Å². The molecule has 7 heteroatoms. The van der Waals surface area contributed by atoms with Gasteiger partial charge in [0.25, 0.3) is 5.69 Å². The highest BCUT2D eigenvalue weighted by Crippen LogP contribution is 2.32. The van der Waals surface area contributed by atoms with Crippen LogP contribution in [-0.2, 0) is 0 Å². The van der Waals surface area contributed by atoms with Crippen molar-refractivity contribution in [3.63, 3.8) is 0 Å². The van der Waals surface area contributed by atoms with Crippen LogP contribution >= 0.6 is 23.2 Å². The molecule has 0 saturated carbocycles. The van der Waals surface area contributed by atoms with Crippen molar-refractivity contribution < 1.29 is 14.5 Å². The number of carbonyl (C=O) groups excluding carboxylic acids is 1. The molecular weight excluding hydrogens is 317 g/mol. The van der Waals surface area contributed by atoms with E-state index in [9.17, 15) is 14.9 Å². The summed E-state index contributed by atoms with van der Waals surface area (Å²) in [6, 6.07) is 8.17. The SMILES string of the molecule is COc1cc(Cl)c(C(=O)c2ccc([N+](=O)[O-])cc2)c(Cl)c1. The van der Waals surface area contributed by atoms with Crippen molar-refractivity contribution in [3.8, 4) is 5.75 Å². The van der Waals surface area contributed by atoms with Gasteiger partial charge in [-0.3, -0.25) is 14.9 Å². The molecule has 0 aromatic heterocycles. The van der Waals surface area contributed by atoms with Crippen molar-refractivity contribution in [1.29, 1.82) is 0 Å². The number of nitro benzene ring substituents is 1.